The Balaban J connectivity index is 1.64. The average molecular weight is 352 g/mol. The number of hydrogen-bond donors (Lipinski definition) is 0. The SMILES string of the molecule is COc1ccc(C(=O)Oc2ccc(OCc3ccccc3)c(F)c2)cc1. The minimum absolute atomic E-state index is 0.0955. The molecule has 3 aromatic carbocycles. The van der Waals surface area contributed by atoms with Crippen molar-refractivity contribution in [2.45, 2.75) is 6.61 Å². The number of ether oxygens (including phenoxy) is 3. The summed E-state index contributed by atoms with van der Waals surface area (Å²) in [5.74, 6) is -0.341. The van der Waals surface area contributed by atoms with E-state index in [1.165, 1.54) is 19.2 Å². The molecule has 0 aliphatic carbocycles. The fourth-order valence-electron chi connectivity index (χ4n) is 2.29. The summed E-state index contributed by atoms with van der Waals surface area (Å²) >= 11 is 0. The summed E-state index contributed by atoms with van der Waals surface area (Å²) < 4.78 is 29.9. The van der Waals surface area contributed by atoms with Crippen molar-refractivity contribution in [3.05, 3.63) is 89.7 Å². The van der Waals surface area contributed by atoms with Gasteiger partial charge >= 0.3 is 5.97 Å². The molecule has 0 radical (unpaired) electrons. The Hall–Kier alpha value is -3.34. The molecule has 0 aliphatic heterocycles. The lowest BCUT2D eigenvalue weighted by Gasteiger charge is -2.09. The van der Waals surface area contributed by atoms with E-state index in [4.69, 9.17) is 14.2 Å². The van der Waals surface area contributed by atoms with E-state index in [0.29, 0.717) is 11.3 Å². The second kappa shape index (κ2) is 8.16. The van der Waals surface area contributed by atoms with Crippen molar-refractivity contribution in [2.24, 2.45) is 0 Å². The molecule has 26 heavy (non-hydrogen) atoms. The van der Waals surface area contributed by atoms with Gasteiger partial charge in [0.1, 0.15) is 18.1 Å². The maximum Gasteiger partial charge on any atom is 0.343 e. The Bertz CT molecular complexity index is 876. The van der Waals surface area contributed by atoms with Gasteiger partial charge in [0.25, 0.3) is 0 Å². The molecule has 0 N–H and O–H groups in total. The molecule has 3 aromatic rings. The van der Waals surface area contributed by atoms with Crippen LogP contribution in [0.3, 0.4) is 0 Å². The molecule has 0 unspecified atom stereocenters. The second-order valence-electron chi connectivity index (χ2n) is 5.48. The van der Waals surface area contributed by atoms with E-state index in [0.717, 1.165) is 11.6 Å². The van der Waals surface area contributed by atoms with Gasteiger partial charge in [-0.15, -0.1) is 0 Å². The van der Waals surface area contributed by atoms with Crippen LogP contribution >= 0.6 is 0 Å². The predicted octanol–water partition coefficient (Wildman–Crippen LogP) is 4.63. The summed E-state index contributed by atoms with van der Waals surface area (Å²) in [6.45, 7) is 0.253. The Morgan fingerprint density at radius 3 is 2.27 bits per heavy atom. The lowest BCUT2D eigenvalue weighted by Crippen LogP contribution is -2.08. The maximum absolute atomic E-state index is 14.2. The van der Waals surface area contributed by atoms with Crippen LogP contribution in [-0.4, -0.2) is 13.1 Å². The summed E-state index contributed by atoms with van der Waals surface area (Å²) in [5.41, 5.74) is 1.28. The zero-order chi connectivity index (χ0) is 18.4. The van der Waals surface area contributed by atoms with Gasteiger partial charge < -0.3 is 14.2 Å². The molecule has 0 bridgehead atoms. The molecule has 5 heteroatoms. The van der Waals surface area contributed by atoms with Crippen LogP contribution in [0.1, 0.15) is 15.9 Å². The highest BCUT2D eigenvalue weighted by atomic mass is 19.1. The molecule has 0 aromatic heterocycles. The molecule has 0 spiro atoms. The van der Waals surface area contributed by atoms with Crippen molar-refractivity contribution >= 4 is 5.97 Å². The van der Waals surface area contributed by atoms with Crippen LogP contribution in [0.5, 0.6) is 17.2 Å². The summed E-state index contributed by atoms with van der Waals surface area (Å²) in [6.07, 6.45) is 0. The topological polar surface area (TPSA) is 44.8 Å². The van der Waals surface area contributed by atoms with Crippen LogP contribution in [-0.2, 0) is 6.61 Å². The van der Waals surface area contributed by atoms with E-state index in [-0.39, 0.29) is 18.1 Å². The Morgan fingerprint density at radius 2 is 1.62 bits per heavy atom. The molecular weight excluding hydrogens is 335 g/mol. The zero-order valence-electron chi connectivity index (χ0n) is 14.1. The van der Waals surface area contributed by atoms with Crippen molar-refractivity contribution in [3.63, 3.8) is 0 Å². The summed E-state index contributed by atoms with van der Waals surface area (Å²) in [7, 11) is 1.54. The standard InChI is InChI=1S/C21H17FO4/c1-24-17-9-7-16(8-10-17)21(23)26-18-11-12-20(19(22)13-18)25-14-15-5-3-2-4-6-15/h2-13H,14H2,1H3. The van der Waals surface area contributed by atoms with E-state index >= 15 is 0 Å². The molecule has 0 saturated heterocycles. The minimum Gasteiger partial charge on any atom is -0.497 e. The van der Waals surface area contributed by atoms with Gasteiger partial charge in [-0.2, -0.15) is 0 Å². The Morgan fingerprint density at radius 1 is 0.923 bits per heavy atom. The van der Waals surface area contributed by atoms with Gasteiger partial charge in [0, 0.05) is 6.07 Å². The van der Waals surface area contributed by atoms with Gasteiger partial charge in [-0.25, -0.2) is 9.18 Å². The number of hydrogen-bond acceptors (Lipinski definition) is 4. The molecule has 132 valence electrons. The van der Waals surface area contributed by atoms with Crippen LogP contribution in [0, 0.1) is 5.82 Å². The molecule has 0 aliphatic rings. The monoisotopic (exact) mass is 352 g/mol. The average Bonchev–Trinajstić information content (AvgIpc) is 2.68. The van der Waals surface area contributed by atoms with Gasteiger partial charge in [-0.05, 0) is 42.0 Å². The van der Waals surface area contributed by atoms with E-state index in [1.54, 1.807) is 24.3 Å². The smallest absolute Gasteiger partial charge is 0.343 e. The number of esters is 1. The molecule has 0 saturated carbocycles. The third-order valence-electron chi connectivity index (χ3n) is 3.68. The van der Waals surface area contributed by atoms with Gasteiger partial charge in [0.05, 0.1) is 12.7 Å². The fourth-order valence-corrected chi connectivity index (χ4v) is 2.29. The fraction of sp³-hybridized carbons (Fsp3) is 0.0952. The summed E-state index contributed by atoms with van der Waals surface area (Å²) in [6, 6.07) is 20.0. The van der Waals surface area contributed by atoms with Crippen LogP contribution < -0.4 is 14.2 Å². The maximum atomic E-state index is 14.2. The van der Waals surface area contributed by atoms with Crippen molar-refractivity contribution < 1.29 is 23.4 Å². The lowest BCUT2D eigenvalue weighted by atomic mass is 10.2. The van der Waals surface area contributed by atoms with E-state index in [2.05, 4.69) is 0 Å². The highest BCUT2D eigenvalue weighted by molar-refractivity contribution is 5.91. The number of benzene rings is 3. The Kier molecular flexibility index (Phi) is 5.49. The van der Waals surface area contributed by atoms with Gasteiger partial charge in [-0.3, -0.25) is 0 Å². The van der Waals surface area contributed by atoms with Crippen molar-refractivity contribution in [3.8, 4) is 17.2 Å². The van der Waals surface area contributed by atoms with E-state index in [1.807, 2.05) is 30.3 Å². The highest BCUT2D eigenvalue weighted by Gasteiger charge is 2.11. The second-order valence-corrected chi connectivity index (χ2v) is 5.48. The predicted molar refractivity (Wildman–Crippen MR) is 95.1 cm³/mol. The number of rotatable bonds is 6. The highest BCUT2D eigenvalue weighted by Crippen LogP contribution is 2.24. The molecule has 0 amide bonds. The first-order chi connectivity index (χ1) is 12.7. The first-order valence-corrected chi connectivity index (χ1v) is 7.98. The molecule has 0 atom stereocenters. The quantitative estimate of drug-likeness (QED) is 0.479. The van der Waals surface area contributed by atoms with Gasteiger partial charge in [0.15, 0.2) is 11.6 Å². The minimum atomic E-state index is -0.596. The molecule has 4 nitrogen and oxygen atoms in total. The van der Waals surface area contributed by atoms with Crippen molar-refractivity contribution in [1.82, 2.24) is 0 Å². The first-order valence-electron chi connectivity index (χ1n) is 7.98. The molecule has 0 heterocycles. The van der Waals surface area contributed by atoms with Crippen molar-refractivity contribution in [1.29, 1.82) is 0 Å². The number of halogens is 1. The lowest BCUT2D eigenvalue weighted by molar-refractivity contribution is 0.0734. The third kappa shape index (κ3) is 4.39. The molecule has 0 fully saturated rings. The number of carbonyl (C=O) groups is 1. The Labute approximate surface area is 150 Å². The van der Waals surface area contributed by atoms with Crippen LogP contribution in [0.4, 0.5) is 4.39 Å². The largest absolute Gasteiger partial charge is 0.497 e. The van der Waals surface area contributed by atoms with Gasteiger partial charge in [0.2, 0.25) is 0 Å². The van der Waals surface area contributed by atoms with Crippen LogP contribution in [0.15, 0.2) is 72.8 Å². The summed E-state index contributed by atoms with van der Waals surface area (Å²) in [4.78, 5) is 12.1. The van der Waals surface area contributed by atoms with E-state index in [9.17, 15) is 9.18 Å². The summed E-state index contributed by atoms with van der Waals surface area (Å²) in [5, 5.41) is 0. The van der Waals surface area contributed by atoms with Crippen molar-refractivity contribution in [2.75, 3.05) is 7.11 Å². The van der Waals surface area contributed by atoms with Crippen LogP contribution in [0.25, 0.3) is 0 Å². The zero-order valence-corrected chi connectivity index (χ0v) is 14.1. The number of carbonyl (C=O) groups excluding carboxylic acids is 1. The normalized spacial score (nSPS) is 10.2. The third-order valence-corrected chi connectivity index (χ3v) is 3.68. The van der Waals surface area contributed by atoms with Gasteiger partial charge in [-0.1, -0.05) is 30.3 Å². The van der Waals surface area contributed by atoms with E-state index < -0.39 is 11.8 Å². The number of methoxy groups -OCH3 is 1. The first kappa shape index (κ1) is 17.5. The van der Waals surface area contributed by atoms with Crippen LogP contribution in [0.2, 0.25) is 0 Å². The molecular formula is C21H17FO4. The molecule has 3 rings (SSSR count).